The topological polar surface area (TPSA) is 0 Å². The van der Waals surface area contributed by atoms with E-state index in [0.29, 0.717) is 5.41 Å². The zero-order valence-electron chi connectivity index (χ0n) is 10.2. The summed E-state index contributed by atoms with van der Waals surface area (Å²) in [5.41, 5.74) is 0.661. The molecule has 0 aliphatic heterocycles. The van der Waals surface area contributed by atoms with Gasteiger partial charge in [-0.15, -0.1) is 0 Å². The third-order valence-electron chi connectivity index (χ3n) is 4.53. The Kier molecular flexibility index (Phi) is 3.09. The first-order chi connectivity index (χ1) is 5.93. The fraction of sp³-hybridized carbons (Fsp3) is 1.00. The summed E-state index contributed by atoms with van der Waals surface area (Å²) in [6, 6.07) is 0. The molecule has 0 heteroatoms. The molecule has 0 radical (unpaired) electrons. The molecule has 13 heavy (non-hydrogen) atoms. The fourth-order valence-electron chi connectivity index (χ4n) is 3.70. The van der Waals surface area contributed by atoms with Crippen LogP contribution in [-0.4, -0.2) is 0 Å². The van der Waals surface area contributed by atoms with Gasteiger partial charge in [0.15, 0.2) is 0 Å². The van der Waals surface area contributed by atoms with Crippen LogP contribution in [0.2, 0.25) is 0 Å². The molecule has 0 aromatic rings. The second-order valence-electron chi connectivity index (χ2n) is 5.81. The van der Waals surface area contributed by atoms with Gasteiger partial charge in [0.2, 0.25) is 0 Å². The molecule has 1 atom stereocenters. The van der Waals surface area contributed by atoms with E-state index in [1.165, 1.54) is 12.8 Å². The van der Waals surface area contributed by atoms with E-state index in [9.17, 15) is 0 Å². The average molecular weight is 182 g/mol. The van der Waals surface area contributed by atoms with E-state index in [0.717, 1.165) is 23.7 Å². The molecule has 0 aromatic carbocycles. The molecule has 1 rings (SSSR count). The van der Waals surface area contributed by atoms with Crippen molar-refractivity contribution in [3.05, 3.63) is 0 Å². The van der Waals surface area contributed by atoms with Gasteiger partial charge in [0.25, 0.3) is 0 Å². The van der Waals surface area contributed by atoms with Gasteiger partial charge in [0.1, 0.15) is 0 Å². The van der Waals surface area contributed by atoms with Gasteiger partial charge in [0, 0.05) is 0 Å². The Balaban J connectivity index is 2.81. The van der Waals surface area contributed by atoms with Crippen LogP contribution in [0.3, 0.4) is 0 Å². The lowest BCUT2D eigenvalue weighted by Gasteiger charge is -2.58. The van der Waals surface area contributed by atoms with Gasteiger partial charge in [-0.05, 0) is 41.9 Å². The molecular weight excluding hydrogens is 156 g/mol. The predicted octanol–water partition coefficient (Wildman–Crippen LogP) is 4.35. The maximum absolute atomic E-state index is 2.41. The van der Waals surface area contributed by atoms with E-state index < -0.39 is 0 Å². The van der Waals surface area contributed by atoms with Crippen LogP contribution < -0.4 is 0 Å². The van der Waals surface area contributed by atoms with Crippen LogP contribution in [0.4, 0.5) is 0 Å². The molecule has 1 aliphatic carbocycles. The SMILES string of the molecule is CC(C)C1CCC1(C(C)C)C(C)C. The minimum absolute atomic E-state index is 0.661. The fourth-order valence-corrected chi connectivity index (χ4v) is 3.70. The first-order valence-electron chi connectivity index (χ1n) is 5.93. The molecule has 0 saturated heterocycles. The number of hydrogen-bond donors (Lipinski definition) is 0. The molecule has 0 amide bonds. The van der Waals surface area contributed by atoms with Gasteiger partial charge >= 0.3 is 0 Å². The van der Waals surface area contributed by atoms with E-state index in [4.69, 9.17) is 0 Å². The van der Waals surface area contributed by atoms with Crippen LogP contribution >= 0.6 is 0 Å². The van der Waals surface area contributed by atoms with Crippen LogP contribution in [0.25, 0.3) is 0 Å². The summed E-state index contributed by atoms with van der Waals surface area (Å²) in [4.78, 5) is 0. The second-order valence-corrected chi connectivity index (χ2v) is 5.81. The van der Waals surface area contributed by atoms with E-state index in [1.54, 1.807) is 0 Å². The normalized spacial score (nSPS) is 27.0. The van der Waals surface area contributed by atoms with Crippen LogP contribution in [-0.2, 0) is 0 Å². The predicted molar refractivity (Wildman–Crippen MR) is 59.7 cm³/mol. The van der Waals surface area contributed by atoms with Crippen LogP contribution in [0.1, 0.15) is 54.4 Å². The zero-order chi connectivity index (χ0) is 10.2. The molecule has 0 spiro atoms. The largest absolute Gasteiger partial charge is 0.0625 e. The van der Waals surface area contributed by atoms with Crippen molar-refractivity contribution in [3.8, 4) is 0 Å². The lowest BCUT2D eigenvalue weighted by Crippen LogP contribution is -2.50. The highest BCUT2D eigenvalue weighted by molar-refractivity contribution is 5.00. The molecule has 0 heterocycles. The third-order valence-corrected chi connectivity index (χ3v) is 4.53. The molecule has 1 saturated carbocycles. The van der Waals surface area contributed by atoms with E-state index in [2.05, 4.69) is 41.5 Å². The molecule has 1 aliphatic rings. The highest BCUT2D eigenvalue weighted by Crippen LogP contribution is 2.59. The standard InChI is InChI=1S/C13H26/c1-9(2)12-7-8-13(12,10(3)4)11(5)6/h9-12H,7-8H2,1-6H3. The van der Waals surface area contributed by atoms with Gasteiger partial charge in [-0.25, -0.2) is 0 Å². The summed E-state index contributed by atoms with van der Waals surface area (Å²) in [6.45, 7) is 14.4. The van der Waals surface area contributed by atoms with E-state index in [-0.39, 0.29) is 0 Å². The summed E-state index contributed by atoms with van der Waals surface area (Å²) in [7, 11) is 0. The molecule has 1 unspecified atom stereocenters. The first-order valence-corrected chi connectivity index (χ1v) is 5.93. The number of hydrogen-bond acceptors (Lipinski definition) is 0. The van der Waals surface area contributed by atoms with Crippen molar-refractivity contribution >= 4 is 0 Å². The van der Waals surface area contributed by atoms with Gasteiger partial charge in [-0.1, -0.05) is 41.5 Å². The van der Waals surface area contributed by atoms with Crippen molar-refractivity contribution in [2.45, 2.75) is 54.4 Å². The maximum Gasteiger partial charge on any atom is -0.0221 e. The van der Waals surface area contributed by atoms with Crippen molar-refractivity contribution in [1.82, 2.24) is 0 Å². The molecule has 0 aromatic heterocycles. The van der Waals surface area contributed by atoms with Crippen molar-refractivity contribution in [2.75, 3.05) is 0 Å². The van der Waals surface area contributed by atoms with E-state index in [1.807, 2.05) is 0 Å². The van der Waals surface area contributed by atoms with Gasteiger partial charge < -0.3 is 0 Å². The summed E-state index contributed by atoms with van der Waals surface area (Å²) < 4.78 is 0. The minimum atomic E-state index is 0.661. The summed E-state index contributed by atoms with van der Waals surface area (Å²) in [5, 5.41) is 0. The van der Waals surface area contributed by atoms with Gasteiger partial charge in [0.05, 0.1) is 0 Å². The Morgan fingerprint density at radius 3 is 1.46 bits per heavy atom. The molecule has 0 N–H and O–H groups in total. The van der Waals surface area contributed by atoms with Crippen molar-refractivity contribution in [2.24, 2.45) is 29.1 Å². The summed E-state index contributed by atoms with van der Waals surface area (Å²) >= 11 is 0. The monoisotopic (exact) mass is 182 g/mol. The van der Waals surface area contributed by atoms with Gasteiger partial charge in [-0.2, -0.15) is 0 Å². The Labute approximate surface area is 84.1 Å². The van der Waals surface area contributed by atoms with Crippen molar-refractivity contribution in [3.63, 3.8) is 0 Å². The smallest absolute Gasteiger partial charge is 0.0221 e. The van der Waals surface area contributed by atoms with Crippen LogP contribution in [0, 0.1) is 29.1 Å². The average Bonchev–Trinajstić information content (AvgIpc) is 1.80. The summed E-state index contributed by atoms with van der Waals surface area (Å²) in [6.07, 6.45) is 2.93. The van der Waals surface area contributed by atoms with Crippen molar-refractivity contribution < 1.29 is 0 Å². The molecule has 1 fully saturated rings. The minimum Gasteiger partial charge on any atom is -0.0625 e. The summed E-state index contributed by atoms with van der Waals surface area (Å²) in [5.74, 6) is 3.56. The Morgan fingerprint density at radius 2 is 1.38 bits per heavy atom. The van der Waals surface area contributed by atoms with Gasteiger partial charge in [-0.3, -0.25) is 0 Å². The van der Waals surface area contributed by atoms with Crippen molar-refractivity contribution in [1.29, 1.82) is 0 Å². The van der Waals surface area contributed by atoms with Crippen LogP contribution in [0.15, 0.2) is 0 Å². The Hall–Kier alpha value is 0. The maximum atomic E-state index is 2.41. The Bertz CT molecular complexity index is 157. The molecule has 0 bridgehead atoms. The third kappa shape index (κ3) is 1.53. The molecular formula is C13H26. The van der Waals surface area contributed by atoms with Crippen LogP contribution in [0.5, 0.6) is 0 Å². The lowest BCUT2D eigenvalue weighted by atomic mass is 9.47. The molecule has 78 valence electrons. The quantitative estimate of drug-likeness (QED) is 0.608. The molecule has 0 nitrogen and oxygen atoms in total. The first kappa shape index (κ1) is 11.1. The lowest BCUT2D eigenvalue weighted by molar-refractivity contribution is -0.0862. The van der Waals surface area contributed by atoms with E-state index >= 15 is 0 Å². The Morgan fingerprint density at radius 1 is 0.923 bits per heavy atom. The highest BCUT2D eigenvalue weighted by atomic mass is 14.6. The second kappa shape index (κ2) is 3.63. The zero-order valence-corrected chi connectivity index (χ0v) is 10.2. The highest BCUT2D eigenvalue weighted by Gasteiger charge is 2.51. The number of rotatable bonds is 3.